The summed E-state index contributed by atoms with van der Waals surface area (Å²) in [6.07, 6.45) is 0.583. The van der Waals surface area contributed by atoms with Crippen molar-refractivity contribution in [2.45, 2.75) is 38.1 Å². The number of nitrogens with zero attached hydrogens (tertiary/aromatic N) is 3. The molecule has 142 valence electrons. The van der Waals surface area contributed by atoms with Crippen LogP contribution in [0.3, 0.4) is 0 Å². The van der Waals surface area contributed by atoms with Gasteiger partial charge in [0.15, 0.2) is 5.58 Å². The van der Waals surface area contributed by atoms with E-state index in [-0.39, 0.29) is 29.0 Å². The number of fused-ring (bicyclic) bond motifs is 1. The van der Waals surface area contributed by atoms with Crippen molar-refractivity contribution in [1.82, 2.24) is 13.8 Å². The van der Waals surface area contributed by atoms with Crippen molar-refractivity contribution in [3.05, 3.63) is 28.7 Å². The van der Waals surface area contributed by atoms with Crippen LogP contribution < -0.4 is 5.76 Å². The molecular weight excluding hydrogens is 358 g/mol. The zero-order valence-electron chi connectivity index (χ0n) is 15.1. The molecule has 9 heteroatoms. The summed E-state index contributed by atoms with van der Waals surface area (Å²) < 4.78 is 34.1. The minimum absolute atomic E-state index is 0.0533. The normalized spacial score (nSPS) is 17.0. The first-order valence-corrected chi connectivity index (χ1v) is 10.1. The van der Waals surface area contributed by atoms with Gasteiger partial charge in [0.05, 0.1) is 10.4 Å². The topological polar surface area (TPSA) is 92.8 Å². The summed E-state index contributed by atoms with van der Waals surface area (Å²) in [5.41, 5.74) is 0.826. The molecule has 1 aromatic heterocycles. The number of oxazole rings is 1. The van der Waals surface area contributed by atoms with E-state index < -0.39 is 15.8 Å². The van der Waals surface area contributed by atoms with Crippen LogP contribution in [0.5, 0.6) is 0 Å². The average molecular weight is 381 g/mol. The summed E-state index contributed by atoms with van der Waals surface area (Å²) in [6, 6.07) is 4.42. The van der Waals surface area contributed by atoms with E-state index in [9.17, 15) is 18.0 Å². The number of hydrogen-bond donors (Lipinski definition) is 0. The SMILES string of the molecule is CC(=O)N1CCCN(S(=O)(=O)c2ccc3c(c2)oc(=O)n3C(C)C)CC1. The Morgan fingerprint density at radius 2 is 1.88 bits per heavy atom. The molecule has 2 aromatic rings. The Bertz CT molecular complexity index is 989. The fourth-order valence-corrected chi connectivity index (χ4v) is 4.75. The molecule has 8 nitrogen and oxygen atoms in total. The molecule has 1 amide bonds. The molecule has 1 aliphatic rings. The summed E-state index contributed by atoms with van der Waals surface area (Å²) >= 11 is 0. The van der Waals surface area contributed by atoms with Crippen LogP contribution in [-0.2, 0) is 14.8 Å². The predicted octanol–water partition coefficient (Wildman–Crippen LogP) is 1.42. The van der Waals surface area contributed by atoms with Gasteiger partial charge < -0.3 is 9.32 Å². The molecule has 1 fully saturated rings. The quantitative estimate of drug-likeness (QED) is 0.802. The summed E-state index contributed by atoms with van der Waals surface area (Å²) in [5, 5.41) is 0. The highest BCUT2D eigenvalue weighted by atomic mass is 32.2. The molecule has 2 heterocycles. The smallest absolute Gasteiger partial charge is 0.408 e. The Morgan fingerprint density at radius 1 is 1.15 bits per heavy atom. The van der Waals surface area contributed by atoms with E-state index in [1.165, 1.54) is 27.9 Å². The van der Waals surface area contributed by atoms with E-state index in [4.69, 9.17) is 4.42 Å². The van der Waals surface area contributed by atoms with Crippen LogP contribution in [0.4, 0.5) is 0 Å². The van der Waals surface area contributed by atoms with Crippen LogP contribution >= 0.6 is 0 Å². The molecule has 26 heavy (non-hydrogen) atoms. The maximum absolute atomic E-state index is 13.0. The van der Waals surface area contributed by atoms with Crippen LogP contribution in [0, 0.1) is 0 Å². The van der Waals surface area contributed by atoms with E-state index in [0.717, 1.165) is 0 Å². The van der Waals surface area contributed by atoms with Gasteiger partial charge in [-0.3, -0.25) is 9.36 Å². The lowest BCUT2D eigenvalue weighted by Crippen LogP contribution is -2.36. The Hall–Kier alpha value is -2.13. The molecule has 0 spiro atoms. The van der Waals surface area contributed by atoms with Gasteiger partial charge in [0.25, 0.3) is 0 Å². The Balaban J connectivity index is 1.94. The fourth-order valence-electron chi connectivity index (χ4n) is 3.26. The molecule has 1 aromatic carbocycles. The summed E-state index contributed by atoms with van der Waals surface area (Å²) in [7, 11) is -3.73. The van der Waals surface area contributed by atoms with Crippen molar-refractivity contribution in [2.75, 3.05) is 26.2 Å². The average Bonchev–Trinajstić information content (AvgIpc) is 2.73. The van der Waals surface area contributed by atoms with E-state index in [2.05, 4.69) is 0 Å². The van der Waals surface area contributed by atoms with Crippen LogP contribution in [0.15, 0.2) is 32.3 Å². The highest BCUT2D eigenvalue weighted by Crippen LogP contribution is 2.24. The van der Waals surface area contributed by atoms with Gasteiger partial charge in [-0.1, -0.05) is 0 Å². The summed E-state index contributed by atoms with van der Waals surface area (Å²) in [6.45, 7) is 6.72. The van der Waals surface area contributed by atoms with Crippen molar-refractivity contribution in [3.63, 3.8) is 0 Å². The van der Waals surface area contributed by atoms with Crippen LogP contribution in [0.1, 0.15) is 33.2 Å². The van der Waals surface area contributed by atoms with Gasteiger partial charge in [-0.15, -0.1) is 0 Å². The van der Waals surface area contributed by atoms with Crippen molar-refractivity contribution in [3.8, 4) is 0 Å². The molecule has 3 rings (SSSR count). The lowest BCUT2D eigenvalue weighted by molar-refractivity contribution is -0.128. The number of carbonyl (C=O) groups excluding carboxylic acids is 1. The van der Waals surface area contributed by atoms with Crippen molar-refractivity contribution < 1.29 is 17.6 Å². The van der Waals surface area contributed by atoms with Gasteiger partial charge in [-0.2, -0.15) is 4.31 Å². The zero-order valence-corrected chi connectivity index (χ0v) is 16.0. The first kappa shape index (κ1) is 18.7. The lowest BCUT2D eigenvalue weighted by Gasteiger charge is -2.21. The van der Waals surface area contributed by atoms with Gasteiger partial charge in [0.2, 0.25) is 15.9 Å². The highest BCUT2D eigenvalue weighted by molar-refractivity contribution is 7.89. The number of carbonyl (C=O) groups is 1. The molecule has 1 saturated heterocycles. The molecule has 0 radical (unpaired) electrons. The van der Waals surface area contributed by atoms with E-state index in [0.29, 0.717) is 31.6 Å². The molecule has 0 aliphatic carbocycles. The second-order valence-corrected chi connectivity index (χ2v) is 8.66. The number of hydrogen-bond acceptors (Lipinski definition) is 5. The van der Waals surface area contributed by atoms with Gasteiger partial charge in [0.1, 0.15) is 0 Å². The largest absolute Gasteiger partial charge is 0.420 e. The summed E-state index contributed by atoms with van der Waals surface area (Å²) in [5.74, 6) is -0.557. The first-order valence-electron chi connectivity index (χ1n) is 8.62. The third-order valence-corrected chi connectivity index (χ3v) is 6.53. The molecule has 0 unspecified atom stereocenters. The molecule has 0 bridgehead atoms. The molecule has 0 saturated carbocycles. The maximum Gasteiger partial charge on any atom is 0.420 e. The number of rotatable bonds is 3. The van der Waals surface area contributed by atoms with E-state index in [1.807, 2.05) is 13.8 Å². The van der Waals surface area contributed by atoms with Crippen molar-refractivity contribution in [1.29, 1.82) is 0 Å². The van der Waals surface area contributed by atoms with Gasteiger partial charge in [0, 0.05) is 45.2 Å². The zero-order chi connectivity index (χ0) is 19.1. The number of sulfonamides is 1. The number of aromatic nitrogens is 1. The standard InChI is InChI=1S/C17H23N3O5S/c1-12(2)20-15-6-5-14(11-16(15)25-17(20)22)26(23,24)19-8-4-7-18(9-10-19)13(3)21/h5-6,11-12H,4,7-10H2,1-3H3. The highest BCUT2D eigenvalue weighted by Gasteiger charge is 2.28. The maximum atomic E-state index is 13.0. The fraction of sp³-hybridized carbons (Fsp3) is 0.529. The van der Waals surface area contributed by atoms with Crippen molar-refractivity contribution in [2.24, 2.45) is 0 Å². The minimum atomic E-state index is -3.73. The van der Waals surface area contributed by atoms with Crippen molar-refractivity contribution >= 4 is 27.0 Å². The molecule has 1 aliphatic heterocycles. The minimum Gasteiger partial charge on any atom is -0.408 e. The van der Waals surface area contributed by atoms with Gasteiger partial charge in [-0.05, 0) is 32.4 Å². The summed E-state index contributed by atoms with van der Waals surface area (Å²) in [4.78, 5) is 25.3. The predicted molar refractivity (Wildman–Crippen MR) is 96.5 cm³/mol. The number of amides is 1. The molecular formula is C17H23N3O5S. The second-order valence-electron chi connectivity index (χ2n) is 6.72. The first-order chi connectivity index (χ1) is 12.2. The molecule has 0 N–H and O–H groups in total. The third-order valence-electron chi connectivity index (χ3n) is 4.64. The second kappa shape index (κ2) is 6.88. The Kier molecular flexibility index (Phi) is 4.94. The number of benzene rings is 1. The van der Waals surface area contributed by atoms with Crippen LogP contribution in [0.25, 0.3) is 11.1 Å². The third kappa shape index (κ3) is 3.28. The van der Waals surface area contributed by atoms with Gasteiger partial charge in [-0.25, -0.2) is 13.2 Å². The van der Waals surface area contributed by atoms with Gasteiger partial charge >= 0.3 is 5.76 Å². The van der Waals surface area contributed by atoms with E-state index in [1.54, 1.807) is 11.0 Å². The lowest BCUT2D eigenvalue weighted by atomic mass is 10.3. The van der Waals surface area contributed by atoms with Crippen LogP contribution in [0.2, 0.25) is 0 Å². The van der Waals surface area contributed by atoms with E-state index >= 15 is 0 Å². The van der Waals surface area contributed by atoms with Crippen LogP contribution in [-0.4, -0.2) is 54.3 Å². The monoisotopic (exact) mass is 381 g/mol. The Labute approximate surface area is 152 Å². The Morgan fingerprint density at radius 3 is 2.54 bits per heavy atom. The molecule has 0 atom stereocenters.